The van der Waals surface area contributed by atoms with Gasteiger partial charge in [0.1, 0.15) is 12.1 Å². The SMILES string of the molecule is Cc1ccc(Nc2c(Cl)c(Cl)c(C#N)c(Cl)c2C#N)cc1. The summed E-state index contributed by atoms with van der Waals surface area (Å²) in [5.41, 5.74) is 2.20. The molecule has 0 fully saturated rings. The zero-order chi connectivity index (χ0) is 15.6. The van der Waals surface area contributed by atoms with E-state index < -0.39 is 0 Å². The van der Waals surface area contributed by atoms with E-state index in [0.29, 0.717) is 0 Å². The summed E-state index contributed by atoms with van der Waals surface area (Å²) in [6.07, 6.45) is 0. The minimum absolute atomic E-state index is 0.00524. The van der Waals surface area contributed by atoms with Crippen LogP contribution < -0.4 is 5.32 Å². The molecule has 0 atom stereocenters. The molecule has 3 nitrogen and oxygen atoms in total. The second kappa shape index (κ2) is 6.24. The molecule has 104 valence electrons. The molecular weight excluding hydrogens is 329 g/mol. The Morgan fingerprint density at radius 3 is 1.95 bits per heavy atom. The Kier molecular flexibility index (Phi) is 4.60. The Balaban J connectivity index is 2.61. The van der Waals surface area contributed by atoms with Gasteiger partial charge in [-0.15, -0.1) is 0 Å². The Labute approximate surface area is 137 Å². The van der Waals surface area contributed by atoms with Crippen molar-refractivity contribution in [2.45, 2.75) is 6.92 Å². The number of aryl methyl sites for hydroxylation is 1. The summed E-state index contributed by atoms with van der Waals surface area (Å²) in [6, 6.07) is 11.3. The molecule has 0 unspecified atom stereocenters. The summed E-state index contributed by atoms with van der Waals surface area (Å²) in [5, 5.41) is 21.4. The van der Waals surface area contributed by atoms with Crippen molar-refractivity contribution in [1.82, 2.24) is 0 Å². The van der Waals surface area contributed by atoms with Crippen molar-refractivity contribution in [1.29, 1.82) is 10.5 Å². The molecule has 0 spiro atoms. The van der Waals surface area contributed by atoms with Crippen LogP contribution in [0.15, 0.2) is 24.3 Å². The molecule has 0 aliphatic rings. The van der Waals surface area contributed by atoms with Crippen LogP contribution in [0.4, 0.5) is 11.4 Å². The van der Waals surface area contributed by atoms with Gasteiger partial charge in [0, 0.05) is 5.69 Å². The second-order valence-electron chi connectivity index (χ2n) is 4.28. The highest BCUT2D eigenvalue weighted by atomic mass is 35.5. The topological polar surface area (TPSA) is 59.6 Å². The second-order valence-corrected chi connectivity index (χ2v) is 5.42. The van der Waals surface area contributed by atoms with Gasteiger partial charge in [-0.2, -0.15) is 10.5 Å². The van der Waals surface area contributed by atoms with E-state index in [4.69, 9.17) is 40.1 Å². The number of nitrogens with zero attached hydrogens (tertiary/aromatic N) is 2. The lowest BCUT2D eigenvalue weighted by Crippen LogP contribution is -1.99. The first-order valence-electron chi connectivity index (χ1n) is 5.84. The number of halogens is 3. The average molecular weight is 337 g/mol. The quantitative estimate of drug-likeness (QED) is 0.743. The fourth-order valence-corrected chi connectivity index (χ4v) is 2.55. The summed E-state index contributed by atoms with van der Waals surface area (Å²) >= 11 is 18.2. The number of hydrogen-bond donors (Lipinski definition) is 1. The largest absolute Gasteiger partial charge is 0.353 e. The molecule has 2 aromatic rings. The predicted octanol–water partition coefficient (Wildman–Crippen LogP) is 5.44. The van der Waals surface area contributed by atoms with Crippen molar-refractivity contribution in [2.75, 3.05) is 5.32 Å². The zero-order valence-electron chi connectivity index (χ0n) is 10.8. The van der Waals surface area contributed by atoms with E-state index in [-0.39, 0.29) is 31.9 Å². The van der Waals surface area contributed by atoms with Gasteiger partial charge in [0.05, 0.1) is 31.9 Å². The van der Waals surface area contributed by atoms with E-state index in [0.717, 1.165) is 11.3 Å². The van der Waals surface area contributed by atoms with E-state index in [1.165, 1.54) is 0 Å². The van der Waals surface area contributed by atoms with Crippen molar-refractivity contribution in [3.05, 3.63) is 56.0 Å². The van der Waals surface area contributed by atoms with Crippen molar-refractivity contribution >= 4 is 46.2 Å². The maximum absolute atomic E-state index is 9.27. The van der Waals surface area contributed by atoms with Gasteiger partial charge in [-0.05, 0) is 19.1 Å². The number of nitrogens with one attached hydrogen (secondary N) is 1. The predicted molar refractivity (Wildman–Crippen MR) is 85.4 cm³/mol. The van der Waals surface area contributed by atoms with Gasteiger partial charge in [0.25, 0.3) is 0 Å². The van der Waals surface area contributed by atoms with Crippen LogP contribution in [0.2, 0.25) is 15.1 Å². The molecule has 0 amide bonds. The smallest absolute Gasteiger partial charge is 0.103 e. The Morgan fingerprint density at radius 1 is 0.857 bits per heavy atom. The lowest BCUT2D eigenvalue weighted by molar-refractivity contribution is 1.42. The third-order valence-electron chi connectivity index (χ3n) is 2.87. The number of rotatable bonds is 2. The van der Waals surface area contributed by atoms with Crippen LogP contribution >= 0.6 is 34.8 Å². The molecule has 1 N–H and O–H groups in total. The van der Waals surface area contributed by atoms with Gasteiger partial charge in [0.15, 0.2) is 0 Å². The third-order valence-corrected chi connectivity index (χ3v) is 4.10. The maximum atomic E-state index is 9.27. The molecule has 21 heavy (non-hydrogen) atoms. The normalized spacial score (nSPS) is 9.81. The molecule has 0 aliphatic heterocycles. The molecule has 0 radical (unpaired) electrons. The van der Waals surface area contributed by atoms with Crippen LogP contribution in [0.5, 0.6) is 0 Å². The highest BCUT2D eigenvalue weighted by molar-refractivity contribution is 6.46. The van der Waals surface area contributed by atoms with Gasteiger partial charge in [0.2, 0.25) is 0 Å². The molecule has 0 aliphatic carbocycles. The first kappa shape index (κ1) is 15.5. The summed E-state index contributed by atoms with van der Waals surface area (Å²) in [4.78, 5) is 0. The summed E-state index contributed by atoms with van der Waals surface area (Å²) in [6.45, 7) is 1.97. The number of benzene rings is 2. The molecule has 0 bridgehead atoms. The van der Waals surface area contributed by atoms with E-state index in [9.17, 15) is 5.26 Å². The first-order chi connectivity index (χ1) is 9.99. The molecule has 0 heterocycles. The molecule has 2 aromatic carbocycles. The number of hydrogen-bond acceptors (Lipinski definition) is 3. The molecule has 0 saturated carbocycles. The van der Waals surface area contributed by atoms with Crippen LogP contribution in [0.3, 0.4) is 0 Å². The van der Waals surface area contributed by atoms with Crippen molar-refractivity contribution in [3.8, 4) is 12.1 Å². The number of nitriles is 2. The minimum atomic E-state index is -0.0102. The van der Waals surface area contributed by atoms with Gasteiger partial charge < -0.3 is 5.32 Å². The molecule has 0 aromatic heterocycles. The van der Waals surface area contributed by atoms with Gasteiger partial charge in [-0.3, -0.25) is 0 Å². The molecular formula is C15H8Cl3N3. The molecule has 0 saturated heterocycles. The molecule has 6 heteroatoms. The van der Waals surface area contributed by atoms with Crippen molar-refractivity contribution < 1.29 is 0 Å². The summed E-state index contributed by atoms with van der Waals surface area (Å²) in [7, 11) is 0. The molecule has 2 rings (SSSR count). The highest BCUT2D eigenvalue weighted by Gasteiger charge is 2.21. The lowest BCUT2D eigenvalue weighted by Gasteiger charge is -2.14. The fraction of sp³-hybridized carbons (Fsp3) is 0.0667. The van der Waals surface area contributed by atoms with Crippen LogP contribution in [0.1, 0.15) is 16.7 Å². The van der Waals surface area contributed by atoms with Crippen molar-refractivity contribution in [2.24, 2.45) is 0 Å². The standard InChI is InChI=1S/C15H8Cl3N3/c1-8-2-4-9(5-3-8)21-15-11(7-20)12(16)10(6-19)13(17)14(15)18/h2-5,21H,1H3. The van der Waals surface area contributed by atoms with Crippen LogP contribution in [0, 0.1) is 29.6 Å². The Morgan fingerprint density at radius 2 is 1.43 bits per heavy atom. The van der Waals surface area contributed by atoms with Crippen molar-refractivity contribution in [3.63, 3.8) is 0 Å². The first-order valence-corrected chi connectivity index (χ1v) is 6.97. The average Bonchev–Trinajstić information content (AvgIpc) is 2.47. The minimum Gasteiger partial charge on any atom is -0.353 e. The van der Waals surface area contributed by atoms with Gasteiger partial charge in [-0.1, -0.05) is 52.5 Å². The lowest BCUT2D eigenvalue weighted by atomic mass is 10.1. The highest BCUT2D eigenvalue weighted by Crippen LogP contribution is 2.42. The van der Waals surface area contributed by atoms with Gasteiger partial charge >= 0.3 is 0 Å². The fourth-order valence-electron chi connectivity index (χ4n) is 1.76. The third kappa shape index (κ3) is 2.91. The summed E-state index contributed by atoms with van der Waals surface area (Å²) in [5.74, 6) is 0. The van der Waals surface area contributed by atoms with Gasteiger partial charge in [-0.25, -0.2) is 0 Å². The van der Waals surface area contributed by atoms with E-state index in [1.807, 2.05) is 43.3 Å². The van der Waals surface area contributed by atoms with E-state index >= 15 is 0 Å². The van der Waals surface area contributed by atoms with Crippen LogP contribution in [-0.4, -0.2) is 0 Å². The Bertz CT molecular complexity index is 784. The number of anilines is 2. The maximum Gasteiger partial charge on any atom is 0.103 e. The Hall–Kier alpha value is -1.91. The summed E-state index contributed by atoms with van der Waals surface area (Å²) < 4.78 is 0. The van der Waals surface area contributed by atoms with E-state index in [1.54, 1.807) is 0 Å². The van der Waals surface area contributed by atoms with E-state index in [2.05, 4.69) is 5.32 Å². The van der Waals surface area contributed by atoms with Crippen LogP contribution in [-0.2, 0) is 0 Å². The monoisotopic (exact) mass is 335 g/mol. The van der Waals surface area contributed by atoms with Crippen LogP contribution in [0.25, 0.3) is 0 Å². The zero-order valence-corrected chi connectivity index (χ0v) is 13.1.